The lowest BCUT2D eigenvalue weighted by molar-refractivity contribution is 0.0550. The van der Waals surface area contributed by atoms with E-state index in [0.717, 1.165) is 9.32 Å². The quantitative estimate of drug-likeness (QED) is 0.577. The summed E-state index contributed by atoms with van der Waals surface area (Å²) in [6, 6.07) is 14.2. The van der Waals surface area contributed by atoms with Crippen LogP contribution in [0.2, 0.25) is 0 Å². The van der Waals surface area contributed by atoms with Crippen molar-refractivity contribution < 1.29 is 14.3 Å². The molecule has 4 nitrogen and oxygen atoms in total. The third kappa shape index (κ3) is 2.61. The van der Waals surface area contributed by atoms with Crippen LogP contribution in [0.25, 0.3) is 0 Å². The second-order valence-electron chi connectivity index (χ2n) is 5.12. The van der Waals surface area contributed by atoms with Gasteiger partial charge in [0.15, 0.2) is 0 Å². The molecule has 5 heteroatoms. The first-order valence-electron chi connectivity index (χ1n) is 6.94. The fourth-order valence-corrected chi connectivity index (χ4v) is 3.00. The van der Waals surface area contributed by atoms with Gasteiger partial charge in [0.25, 0.3) is 11.8 Å². The third-order valence-electron chi connectivity index (χ3n) is 3.58. The Morgan fingerprint density at radius 2 is 1.55 bits per heavy atom. The van der Waals surface area contributed by atoms with Crippen molar-refractivity contribution in [3.8, 4) is 5.75 Å². The maximum atomic E-state index is 12.4. The number of fused-ring (bicyclic) bond motifs is 1. The van der Waals surface area contributed by atoms with E-state index < -0.39 is 0 Å². The largest absolute Gasteiger partial charge is 0.490 e. The Hall–Kier alpha value is -1.89. The van der Waals surface area contributed by atoms with Crippen molar-refractivity contribution in [3.05, 3.63) is 63.2 Å². The number of rotatable bonds is 4. The van der Waals surface area contributed by atoms with Crippen molar-refractivity contribution in [1.82, 2.24) is 4.90 Å². The van der Waals surface area contributed by atoms with E-state index in [0.29, 0.717) is 11.1 Å². The van der Waals surface area contributed by atoms with Crippen LogP contribution in [0.3, 0.4) is 0 Å². The van der Waals surface area contributed by atoms with Crippen LogP contribution in [-0.2, 0) is 0 Å². The van der Waals surface area contributed by atoms with Crippen LogP contribution in [0.4, 0.5) is 0 Å². The van der Waals surface area contributed by atoms with Crippen molar-refractivity contribution in [2.45, 2.75) is 13.0 Å². The molecule has 2 aromatic rings. The molecule has 0 fully saturated rings. The Bertz CT molecular complexity index is 709. The van der Waals surface area contributed by atoms with E-state index in [1.807, 2.05) is 31.2 Å². The summed E-state index contributed by atoms with van der Waals surface area (Å²) in [5.74, 6) is 0.255. The molecular weight excluding hydrogens is 393 g/mol. The van der Waals surface area contributed by atoms with E-state index in [1.165, 1.54) is 4.90 Å². The fraction of sp³-hybridized carbons (Fsp3) is 0.176. The highest BCUT2D eigenvalue weighted by molar-refractivity contribution is 14.1. The first kappa shape index (κ1) is 15.0. The number of imide groups is 1. The summed E-state index contributed by atoms with van der Waals surface area (Å²) in [4.78, 5) is 26.0. The monoisotopic (exact) mass is 407 g/mol. The summed E-state index contributed by atoms with van der Waals surface area (Å²) in [7, 11) is 0. The van der Waals surface area contributed by atoms with Crippen LogP contribution in [0, 0.1) is 3.57 Å². The predicted molar refractivity (Wildman–Crippen MR) is 91.1 cm³/mol. The zero-order valence-corrected chi connectivity index (χ0v) is 14.1. The molecule has 1 aliphatic rings. The zero-order valence-electron chi connectivity index (χ0n) is 12.0. The molecule has 0 spiro atoms. The highest BCUT2D eigenvalue weighted by Crippen LogP contribution is 2.25. The lowest BCUT2D eigenvalue weighted by atomic mass is 10.1. The molecule has 0 bridgehead atoms. The smallest absolute Gasteiger partial charge is 0.261 e. The molecule has 0 saturated heterocycles. The van der Waals surface area contributed by atoms with Gasteiger partial charge >= 0.3 is 0 Å². The molecule has 1 unspecified atom stereocenters. The number of hydrogen-bond acceptors (Lipinski definition) is 3. The lowest BCUT2D eigenvalue weighted by Crippen LogP contribution is -2.41. The predicted octanol–water partition coefficient (Wildman–Crippen LogP) is 3.35. The first-order valence-corrected chi connectivity index (χ1v) is 8.01. The Labute approximate surface area is 142 Å². The number of para-hydroxylation sites is 1. The molecule has 0 aromatic heterocycles. The maximum Gasteiger partial charge on any atom is 0.261 e. The summed E-state index contributed by atoms with van der Waals surface area (Å²) in [5.41, 5.74) is 0.933. The highest BCUT2D eigenvalue weighted by Gasteiger charge is 2.38. The van der Waals surface area contributed by atoms with Gasteiger partial charge in [-0.3, -0.25) is 14.5 Å². The van der Waals surface area contributed by atoms with Crippen molar-refractivity contribution in [2.75, 3.05) is 6.61 Å². The molecule has 1 heterocycles. The number of ether oxygens (including phenoxy) is 1. The molecular formula is C17H14INO3. The topological polar surface area (TPSA) is 46.6 Å². The van der Waals surface area contributed by atoms with Gasteiger partial charge in [0.1, 0.15) is 12.4 Å². The van der Waals surface area contributed by atoms with Gasteiger partial charge in [0, 0.05) is 0 Å². The van der Waals surface area contributed by atoms with Crippen LogP contribution in [0.1, 0.15) is 27.6 Å². The number of benzene rings is 2. The number of hydrogen-bond donors (Lipinski definition) is 0. The van der Waals surface area contributed by atoms with Crippen LogP contribution in [0.15, 0.2) is 48.5 Å². The van der Waals surface area contributed by atoms with Crippen molar-refractivity contribution in [1.29, 1.82) is 0 Å². The number of carbonyl (C=O) groups excluding carboxylic acids is 2. The summed E-state index contributed by atoms with van der Waals surface area (Å²) in [5, 5.41) is 0. The normalized spacial score (nSPS) is 14.9. The Morgan fingerprint density at radius 3 is 2.14 bits per heavy atom. The Balaban J connectivity index is 1.74. The van der Waals surface area contributed by atoms with Gasteiger partial charge in [-0.15, -0.1) is 0 Å². The lowest BCUT2D eigenvalue weighted by Gasteiger charge is -2.22. The molecule has 112 valence electrons. The van der Waals surface area contributed by atoms with Crippen molar-refractivity contribution in [2.24, 2.45) is 0 Å². The van der Waals surface area contributed by atoms with Crippen LogP contribution < -0.4 is 4.74 Å². The number of nitrogens with zero attached hydrogens (tertiary/aromatic N) is 1. The molecule has 0 aliphatic carbocycles. The van der Waals surface area contributed by atoms with E-state index in [2.05, 4.69) is 22.6 Å². The van der Waals surface area contributed by atoms with E-state index in [1.54, 1.807) is 24.3 Å². The first-order chi connectivity index (χ1) is 10.6. The highest BCUT2D eigenvalue weighted by atomic mass is 127. The second-order valence-corrected chi connectivity index (χ2v) is 6.28. The zero-order chi connectivity index (χ0) is 15.7. The van der Waals surface area contributed by atoms with Gasteiger partial charge in [-0.05, 0) is 53.8 Å². The number of carbonyl (C=O) groups is 2. The summed E-state index contributed by atoms with van der Waals surface area (Å²) >= 11 is 2.19. The van der Waals surface area contributed by atoms with Gasteiger partial charge in [-0.2, -0.15) is 0 Å². The molecule has 2 aromatic carbocycles. The molecule has 1 atom stereocenters. The minimum atomic E-state index is -0.330. The SMILES string of the molecule is CC(COc1ccccc1I)N1C(=O)c2ccccc2C1=O. The summed E-state index contributed by atoms with van der Waals surface area (Å²) < 4.78 is 6.75. The minimum Gasteiger partial charge on any atom is -0.490 e. The molecule has 0 radical (unpaired) electrons. The third-order valence-corrected chi connectivity index (χ3v) is 4.47. The second kappa shape index (κ2) is 6.08. The van der Waals surface area contributed by atoms with Gasteiger partial charge in [0.05, 0.1) is 20.7 Å². The van der Waals surface area contributed by atoms with Gasteiger partial charge in [-0.25, -0.2) is 0 Å². The van der Waals surface area contributed by atoms with Crippen LogP contribution in [0.5, 0.6) is 5.75 Å². The molecule has 0 saturated carbocycles. The summed E-state index contributed by atoms with van der Waals surface area (Å²) in [6.07, 6.45) is 0. The Morgan fingerprint density at radius 1 is 1.00 bits per heavy atom. The van der Waals surface area contributed by atoms with Crippen LogP contribution in [-0.4, -0.2) is 29.4 Å². The molecule has 3 rings (SSSR count). The van der Waals surface area contributed by atoms with Crippen molar-refractivity contribution in [3.63, 3.8) is 0 Å². The molecule has 2 amide bonds. The minimum absolute atomic E-state index is 0.251. The van der Waals surface area contributed by atoms with E-state index >= 15 is 0 Å². The van der Waals surface area contributed by atoms with E-state index in [9.17, 15) is 9.59 Å². The molecule has 0 N–H and O–H groups in total. The van der Waals surface area contributed by atoms with Gasteiger partial charge in [-0.1, -0.05) is 24.3 Å². The van der Waals surface area contributed by atoms with Gasteiger partial charge in [0.2, 0.25) is 0 Å². The molecule has 22 heavy (non-hydrogen) atoms. The average Bonchev–Trinajstić information content (AvgIpc) is 2.78. The fourth-order valence-electron chi connectivity index (χ4n) is 2.45. The van der Waals surface area contributed by atoms with E-state index in [4.69, 9.17) is 4.74 Å². The van der Waals surface area contributed by atoms with Gasteiger partial charge < -0.3 is 4.74 Å². The number of amides is 2. The maximum absolute atomic E-state index is 12.4. The summed E-state index contributed by atoms with van der Waals surface area (Å²) in [6.45, 7) is 2.09. The van der Waals surface area contributed by atoms with Crippen molar-refractivity contribution >= 4 is 34.4 Å². The van der Waals surface area contributed by atoms with E-state index in [-0.39, 0.29) is 24.5 Å². The van der Waals surface area contributed by atoms with Crippen LogP contribution >= 0.6 is 22.6 Å². The number of halogens is 1. The molecule has 1 aliphatic heterocycles. The Kier molecular flexibility index (Phi) is 4.15. The standard InChI is InChI=1S/C17H14INO3/c1-11(10-22-15-9-5-4-8-14(15)18)19-16(20)12-6-2-3-7-13(12)17(19)21/h2-9,11H,10H2,1H3. The average molecular weight is 407 g/mol.